The molecule has 17 heavy (non-hydrogen) atoms. The van der Waals surface area contributed by atoms with Crippen molar-refractivity contribution in [2.75, 3.05) is 0 Å². The molecule has 3 aromatic rings. The molecule has 0 spiro atoms. The van der Waals surface area contributed by atoms with Crippen molar-refractivity contribution in [3.8, 4) is 5.69 Å². The van der Waals surface area contributed by atoms with Gasteiger partial charge in [0.25, 0.3) is 0 Å². The van der Waals surface area contributed by atoms with E-state index in [4.69, 9.17) is 0 Å². The lowest BCUT2D eigenvalue weighted by molar-refractivity contribution is 0.844. The summed E-state index contributed by atoms with van der Waals surface area (Å²) in [7, 11) is 0. The summed E-state index contributed by atoms with van der Waals surface area (Å²) >= 11 is 0. The van der Waals surface area contributed by atoms with Crippen LogP contribution < -0.4 is 0 Å². The minimum absolute atomic E-state index is 0.876. The fraction of sp³-hybridized carbons (Fsp3) is 0.154. The summed E-state index contributed by atoms with van der Waals surface area (Å²) in [6, 6.07) is 10.1. The zero-order chi connectivity index (χ0) is 11.8. The third-order valence-electron chi connectivity index (χ3n) is 2.77. The number of hydrogen-bond acceptors (Lipinski definition) is 3. The molecule has 0 fully saturated rings. The van der Waals surface area contributed by atoms with Crippen LogP contribution in [0.3, 0.4) is 0 Å². The number of fused-ring (bicyclic) bond motifs is 1. The zero-order valence-electron chi connectivity index (χ0n) is 9.75. The molecule has 0 aliphatic rings. The molecule has 0 bridgehead atoms. The number of aryl methyl sites for hydroxylation is 2. The van der Waals surface area contributed by atoms with Gasteiger partial charge in [-0.2, -0.15) is 5.10 Å². The summed E-state index contributed by atoms with van der Waals surface area (Å²) in [5.74, 6) is 0.876. The molecule has 0 saturated carbocycles. The molecule has 0 aliphatic carbocycles. The molecule has 0 amide bonds. The molecule has 84 valence electrons. The van der Waals surface area contributed by atoms with Gasteiger partial charge in [0.05, 0.1) is 11.2 Å². The van der Waals surface area contributed by atoms with Gasteiger partial charge < -0.3 is 0 Å². The molecule has 0 saturated heterocycles. The van der Waals surface area contributed by atoms with Crippen LogP contribution in [0.2, 0.25) is 0 Å². The van der Waals surface area contributed by atoms with Crippen LogP contribution in [0.1, 0.15) is 11.5 Å². The molecule has 1 aromatic carbocycles. The van der Waals surface area contributed by atoms with Gasteiger partial charge in [-0.1, -0.05) is 18.2 Å². The van der Waals surface area contributed by atoms with Gasteiger partial charge >= 0.3 is 0 Å². The summed E-state index contributed by atoms with van der Waals surface area (Å²) in [5, 5.41) is 5.34. The van der Waals surface area contributed by atoms with Crippen molar-refractivity contribution in [3.05, 3.63) is 48.2 Å². The Kier molecular flexibility index (Phi) is 2.14. The van der Waals surface area contributed by atoms with Crippen LogP contribution in [0.25, 0.3) is 16.6 Å². The van der Waals surface area contributed by atoms with Gasteiger partial charge in [-0.05, 0) is 26.0 Å². The highest BCUT2D eigenvalue weighted by Gasteiger charge is 2.08. The van der Waals surface area contributed by atoms with Crippen molar-refractivity contribution in [1.29, 1.82) is 0 Å². The number of rotatable bonds is 1. The summed E-state index contributed by atoms with van der Waals surface area (Å²) in [6.07, 6.45) is 1.57. The number of pyridine rings is 1. The van der Waals surface area contributed by atoms with E-state index in [-0.39, 0.29) is 0 Å². The number of aromatic nitrogens is 4. The molecule has 0 atom stereocenters. The van der Waals surface area contributed by atoms with Crippen LogP contribution in [0, 0.1) is 13.8 Å². The van der Waals surface area contributed by atoms with Crippen molar-refractivity contribution in [2.45, 2.75) is 13.8 Å². The predicted octanol–water partition coefficient (Wildman–Crippen LogP) is 2.43. The van der Waals surface area contributed by atoms with E-state index in [1.54, 1.807) is 6.33 Å². The molecule has 2 aromatic heterocycles. The maximum Gasteiger partial charge on any atom is 0.138 e. The smallest absolute Gasteiger partial charge is 0.138 e. The van der Waals surface area contributed by atoms with Gasteiger partial charge in [-0.3, -0.25) is 4.98 Å². The zero-order valence-corrected chi connectivity index (χ0v) is 9.75. The first-order chi connectivity index (χ1) is 8.25. The molecular formula is C13H12N4. The SMILES string of the molecule is Cc1cc(-n2ncnc2C)c2ccccc2n1. The standard InChI is InChI=1S/C13H12N4/c1-9-7-13(17-10(2)14-8-15-17)11-5-3-4-6-12(11)16-9/h3-8H,1-2H3. The summed E-state index contributed by atoms with van der Waals surface area (Å²) < 4.78 is 1.84. The molecule has 0 unspecified atom stereocenters. The van der Waals surface area contributed by atoms with Crippen LogP contribution >= 0.6 is 0 Å². The first-order valence-electron chi connectivity index (χ1n) is 5.49. The fourth-order valence-electron chi connectivity index (χ4n) is 2.00. The van der Waals surface area contributed by atoms with E-state index in [1.807, 2.05) is 42.8 Å². The van der Waals surface area contributed by atoms with E-state index in [2.05, 4.69) is 21.1 Å². The van der Waals surface area contributed by atoms with Crippen LogP contribution in [0.4, 0.5) is 0 Å². The Hall–Kier alpha value is -2.23. The minimum atomic E-state index is 0.876. The number of benzene rings is 1. The van der Waals surface area contributed by atoms with Gasteiger partial charge in [0, 0.05) is 11.1 Å². The Morgan fingerprint density at radius 3 is 2.71 bits per heavy atom. The summed E-state index contributed by atoms with van der Waals surface area (Å²) in [4.78, 5) is 8.68. The van der Waals surface area contributed by atoms with E-state index in [9.17, 15) is 0 Å². The van der Waals surface area contributed by atoms with Gasteiger partial charge in [-0.25, -0.2) is 9.67 Å². The van der Waals surface area contributed by atoms with Crippen molar-refractivity contribution < 1.29 is 0 Å². The Morgan fingerprint density at radius 1 is 1.12 bits per heavy atom. The van der Waals surface area contributed by atoms with Crippen molar-refractivity contribution in [3.63, 3.8) is 0 Å². The third-order valence-corrected chi connectivity index (χ3v) is 2.77. The Balaban J connectivity index is 2.39. The largest absolute Gasteiger partial charge is 0.253 e. The number of para-hydroxylation sites is 1. The number of nitrogens with zero attached hydrogens (tertiary/aromatic N) is 4. The molecule has 0 N–H and O–H groups in total. The number of hydrogen-bond donors (Lipinski definition) is 0. The Bertz CT molecular complexity index is 685. The average molecular weight is 224 g/mol. The quantitative estimate of drug-likeness (QED) is 0.637. The van der Waals surface area contributed by atoms with Crippen LogP contribution in [-0.2, 0) is 0 Å². The monoisotopic (exact) mass is 224 g/mol. The first-order valence-corrected chi connectivity index (χ1v) is 5.49. The first kappa shape index (κ1) is 9.96. The van der Waals surface area contributed by atoms with Crippen molar-refractivity contribution in [1.82, 2.24) is 19.7 Å². The molecular weight excluding hydrogens is 212 g/mol. The Labute approximate surface area is 98.9 Å². The maximum atomic E-state index is 4.51. The molecule has 0 aliphatic heterocycles. The second-order valence-corrected chi connectivity index (χ2v) is 4.02. The van der Waals surface area contributed by atoms with Crippen molar-refractivity contribution >= 4 is 10.9 Å². The lowest BCUT2D eigenvalue weighted by Crippen LogP contribution is -2.01. The highest BCUT2D eigenvalue weighted by molar-refractivity contribution is 5.87. The van der Waals surface area contributed by atoms with Crippen LogP contribution in [0.5, 0.6) is 0 Å². The normalized spacial score (nSPS) is 10.9. The lowest BCUT2D eigenvalue weighted by Gasteiger charge is -2.08. The lowest BCUT2D eigenvalue weighted by atomic mass is 10.1. The van der Waals surface area contributed by atoms with Gasteiger partial charge in [0.15, 0.2) is 0 Å². The van der Waals surface area contributed by atoms with Gasteiger partial charge in [0.1, 0.15) is 12.2 Å². The fourth-order valence-corrected chi connectivity index (χ4v) is 2.00. The Morgan fingerprint density at radius 2 is 1.94 bits per heavy atom. The van der Waals surface area contributed by atoms with Crippen molar-refractivity contribution in [2.24, 2.45) is 0 Å². The predicted molar refractivity (Wildman–Crippen MR) is 66.1 cm³/mol. The van der Waals surface area contributed by atoms with E-state index in [0.717, 1.165) is 28.1 Å². The molecule has 4 heteroatoms. The summed E-state index contributed by atoms with van der Waals surface area (Å²) in [6.45, 7) is 3.93. The third kappa shape index (κ3) is 1.58. The van der Waals surface area contributed by atoms with Gasteiger partial charge in [0.2, 0.25) is 0 Å². The molecule has 2 heterocycles. The molecule has 3 rings (SSSR count). The molecule has 0 radical (unpaired) electrons. The highest BCUT2D eigenvalue weighted by atomic mass is 15.3. The highest BCUT2D eigenvalue weighted by Crippen LogP contribution is 2.21. The second kappa shape index (κ2) is 3.66. The maximum absolute atomic E-state index is 4.51. The average Bonchev–Trinajstić information content (AvgIpc) is 2.74. The van der Waals surface area contributed by atoms with Crippen LogP contribution in [0.15, 0.2) is 36.7 Å². The van der Waals surface area contributed by atoms with E-state index in [1.165, 1.54) is 0 Å². The topological polar surface area (TPSA) is 43.6 Å². The molecule has 4 nitrogen and oxygen atoms in total. The van der Waals surface area contributed by atoms with Gasteiger partial charge in [-0.15, -0.1) is 0 Å². The van der Waals surface area contributed by atoms with E-state index < -0.39 is 0 Å². The minimum Gasteiger partial charge on any atom is -0.253 e. The second-order valence-electron chi connectivity index (χ2n) is 4.02. The van der Waals surface area contributed by atoms with Crippen LogP contribution in [-0.4, -0.2) is 19.7 Å². The van der Waals surface area contributed by atoms with E-state index >= 15 is 0 Å². The summed E-state index contributed by atoms with van der Waals surface area (Å²) in [5.41, 5.74) is 2.99. The van der Waals surface area contributed by atoms with E-state index in [0.29, 0.717) is 0 Å².